The van der Waals surface area contributed by atoms with E-state index in [2.05, 4.69) is 25.9 Å². The van der Waals surface area contributed by atoms with Crippen LogP contribution in [0.3, 0.4) is 0 Å². The number of rotatable bonds is 1. The number of aromatic amines is 1. The minimum atomic E-state index is -0.377. The van der Waals surface area contributed by atoms with E-state index in [0.717, 1.165) is 0 Å². The molecule has 1 aromatic heterocycles. The molecule has 3 N–H and O–H groups in total. The van der Waals surface area contributed by atoms with E-state index < -0.39 is 0 Å². The summed E-state index contributed by atoms with van der Waals surface area (Å²) in [6.45, 7) is 0. The zero-order valence-corrected chi connectivity index (χ0v) is 12.9. The first-order valence-electron chi connectivity index (χ1n) is 5.56. The van der Waals surface area contributed by atoms with E-state index in [-0.39, 0.29) is 5.82 Å². The van der Waals surface area contributed by atoms with Gasteiger partial charge in [-0.1, -0.05) is 23.2 Å². The van der Waals surface area contributed by atoms with E-state index in [1.165, 1.54) is 6.07 Å². The lowest BCUT2D eigenvalue weighted by Crippen LogP contribution is -1.93. The molecule has 0 bridgehead atoms. The van der Waals surface area contributed by atoms with Crippen molar-refractivity contribution in [2.24, 2.45) is 0 Å². The Balaban J connectivity index is 2.28. The topological polar surface area (TPSA) is 54.7 Å². The van der Waals surface area contributed by atoms with Gasteiger partial charge in [0.1, 0.15) is 11.6 Å². The lowest BCUT2D eigenvalue weighted by atomic mass is 10.1. The van der Waals surface area contributed by atoms with Crippen molar-refractivity contribution >= 4 is 55.9 Å². The van der Waals surface area contributed by atoms with Crippen LogP contribution in [0.15, 0.2) is 28.7 Å². The number of halogens is 4. The maximum absolute atomic E-state index is 13.5. The third kappa shape index (κ3) is 2.16. The number of nitrogens with zero attached hydrogens (tertiary/aromatic N) is 1. The number of imidazole rings is 1. The van der Waals surface area contributed by atoms with E-state index >= 15 is 0 Å². The van der Waals surface area contributed by atoms with Gasteiger partial charge < -0.3 is 10.7 Å². The molecule has 0 aliphatic rings. The maximum Gasteiger partial charge on any atom is 0.142 e. The van der Waals surface area contributed by atoms with Crippen molar-refractivity contribution in [3.05, 3.63) is 44.6 Å². The van der Waals surface area contributed by atoms with Crippen LogP contribution in [0.25, 0.3) is 22.4 Å². The molecule has 0 saturated carbocycles. The second-order valence-electron chi connectivity index (χ2n) is 4.19. The summed E-state index contributed by atoms with van der Waals surface area (Å²) >= 11 is 15.3. The van der Waals surface area contributed by atoms with Crippen LogP contribution in [0.4, 0.5) is 10.1 Å². The third-order valence-electron chi connectivity index (χ3n) is 2.90. The van der Waals surface area contributed by atoms with Crippen LogP contribution in [0.5, 0.6) is 0 Å². The molecule has 0 amide bonds. The predicted molar refractivity (Wildman–Crippen MR) is 83.6 cm³/mol. The van der Waals surface area contributed by atoms with Gasteiger partial charge >= 0.3 is 0 Å². The second-order valence-corrected chi connectivity index (χ2v) is 5.86. The number of hydrogen-bond acceptors (Lipinski definition) is 2. The number of nitrogens with two attached hydrogens (primary N) is 1. The number of nitrogens with one attached hydrogen (secondary N) is 1. The smallest absolute Gasteiger partial charge is 0.142 e. The van der Waals surface area contributed by atoms with Crippen molar-refractivity contribution in [3.63, 3.8) is 0 Å². The van der Waals surface area contributed by atoms with Gasteiger partial charge in [-0.25, -0.2) is 9.37 Å². The van der Waals surface area contributed by atoms with Crippen molar-refractivity contribution in [1.82, 2.24) is 9.97 Å². The van der Waals surface area contributed by atoms with Crippen LogP contribution in [-0.4, -0.2) is 9.97 Å². The number of benzene rings is 2. The summed E-state index contributed by atoms with van der Waals surface area (Å²) in [5.74, 6) is 0.0698. The molecule has 0 unspecified atom stereocenters. The van der Waals surface area contributed by atoms with E-state index in [9.17, 15) is 4.39 Å². The third-order valence-corrected chi connectivity index (χ3v) is 4.15. The minimum absolute atomic E-state index is 0.331. The SMILES string of the molecule is Nc1c(Cl)ccc(Cl)c1-c1nc2cc(Br)c(F)cc2[nH]1. The van der Waals surface area contributed by atoms with Gasteiger partial charge in [-0.2, -0.15) is 0 Å². The van der Waals surface area contributed by atoms with Crippen LogP contribution >= 0.6 is 39.1 Å². The fraction of sp³-hybridized carbons (Fsp3) is 0. The van der Waals surface area contributed by atoms with Crippen molar-refractivity contribution in [3.8, 4) is 11.4 Å². The van der Waals surface area contributed by atoms with Crippen LogP contribution < -0.4 is 5.73 Å². The average Bonchev–Trinajstić information content (AvgIpc) is 2.77. The number of fused-ring (bicyclic) bond motifs is 1. The molecule has 1 heterocycles. The van der Waals surface area contributed by atoms with Gasteiger partial charge in [0.25, 0.3) is 0 Å². The van der Waals surface area contributed by atoms with Crippen molar-refractivity contribution in [2.45, 2.75) is 0 Å². The summed E-state index contributed by atoms with van der Waals surface area (Å²) in [5.41, 5.74) is 7.93. The molecule has 2 aromatic carbocycles. The predicted octanol–water partition coefficient (Wildman–Crippen LogP) is 5.02. The summed E-state index contributed by atoms with van der Waals surface area (Å²) < 4.78 is 13.9. The molecule has 20 heavy (non-hydrogen) atoms. The fourth-order valence-electron chi connectivity index (χ4n) is 1.93. The Bertz CT molecular complexity index is 793. The molecular weight excluding hydrogens is 368 g/mol. The molecule has 0 atom stereocenters. The summed E-state index contributed by atoms with van der Waals surface area (Å²) in [4.78, 5) is 7.37. The number of anilines is 1. The zero-order chi connectivity index (χ0) is 14.4. The Hall–Kier alpha value is -1.30. The van der Waals surface area contributed by atoms with Gasteiger partial charge in [-0.3, -0.25) is 0 Å². The van der Waals surface area contributed by atoms with Crippen LogP contribution in [0.1, 0.15) is 0 Å². The Labute approximate surface area is 132 Å². The van der Waals surface area contributed by atoms with Gasteiger partial charge in [-0.05, 0) is 34.1 Å². The highest BCUT2D eigenvalue weighted by Gasteiger charge is 2.15. The van der Waals surface area contributed by atoms with Crippen LogP contribution in [0, 0.1) is 5.82 Å². The van der Waals surface area contributed by atoms with Gasteiger partial charge in [0, 0.05) is 6.07 Å². The van der Waals surface area contributed by atoms with E-state index in [4.69, 9.17) is 28.9 Å². The first-order valence-corrected chi connectivity index (χ1v) is 7.11. The van der Waals surface area contributed by atoms with E-state index in [0.29, 0.717) is 42.6 Å². The van der Waals surface area contributed by atoms with Crippen molar-refractivity contribution in [1.29, 1.82) is 0 Å². The molecule has 7 heteroatoms. The zero-order valence-electron chi connectivity index (χ0n) is 9.85. The molecule has 0 spiro atoms. The Morgan fingerprint density at radius 2 is 1.90 bits per heavy atom. The number of hydrogen-bond donors (Lipinski definition) is 2. The Kier molecular flexibility index (Phi) is 3.36. The maximum atomic E-state index is 13.5. The van der Waals surface area contributed by atoms with Crippen molar-refractivity contribution < 1.29 is 4.39 Å². The molecule has 102 valence electrons. The summed E-state index contributed by atoms with van der Waals surface area (Å²) in [6.07, 6.45) is 0. The van der Waals surface area contributed by atoms with Gasteiger partial charge in [0.15, 0.2) is 0 Å². The first kappa shape index (κ1) is 13.7. The van der Waals surface area contributed by atoms with Gasteiger partial charge in [0.2, 0.25) is 0 Å². The van der Waals surface area contributed by atoms with E-state index in [1.807, 2.05) is 0 Å². The minimum Gasteiger partial charge on any atom is -0.397 e. The highest BCUT2D eigenvalue weighted by Crippen LogP contribution is 2.37. The number of H-pyrrole nitrogens is 1. The molecule has 3 aromatic rings. The molecule has 3 rings (SSSR count). The van der Waals surface area contributed by atoms with Crippen molar-refractivity contribution in [2.75, 3.05) is 5.73 Å². The lowest BCUT2D eigenvalue weighted by molar-refractivity contribution is 0.623. The Morgan fingerprint density at radius 3 is 2.65 bits per heavy atom. The quantitative estimate of drug-likeness (QED) is 0.587. The van der Waals surface area contributed by atoms with E-state index in [1.54, 1.807) is 18.2 Å². The fourth-order valence-corrected chi connectivity index (χ4v) is 2.67. The molecular formula is C13H7BrCl2FN3. The largest absolute Gasteiger partial charge is 0.397 e. The Morgan fingerprint density at radius 1 is 1.20 bits per heavy atom. The van der Waals surface area contributed by atoms with Crippen LogP contribution in [-0.2, 0) is 0 Å². The van der Waals surface area contributed by atoms with Gasteiger partial charge in [0.05, 0.1) is 36.8 Å². The molecule has 0 radical (unpaired) electrons. The number of aromatic nitrogens is 2. The molecule has 0 aliphatic heterocycles. The normalized spacial score (nSPS) is 11.2. The molecule has 0 fully saturated rings. The summed E-state index contributed by atoms with van der Waals surface area (Å²) in [5, 5.41) is 0.808. The second kappa shape index (κ2) is 4.91. The number of nitrogen functional groups attached to an aromatic ring is 1. The highest BCUT2D eigenvalue weighted by atomic mass is 79.9. The first-order chi connectivity index (χ1) is 9.47. The summed E-state index contributed by atoms with van der Waals surface area (Å²) in [6, 6.07) is 6.19. The van der Waals surface area contributed by atoms with Crippen LogP contribution in [0.2, 0.25) is 10.0 Å². The monoisotopic (exact) mass is 373 g/mol. The lowest BCUT2D eigenvalue weighted by Gasteiger charge is -2.06. The standard InChI is InChI=1S/C13H7BrCl2FN3/c14-5-3-9-10(4-8(5)17)20-13(19-9)11-6(15)1-2-7(16)12(11)18/h1-4H,18H2,(H,19,20). The molecule has 0 saturated heterocycles. The average molecular weight is 375 g/mol. The van der Waals surface area contributed by atoms with Gasteiger partial charge in [-0.15, -0.1) is 0 Å². The summed E-state index contributed by atoms with van der Waals surface area (Å²) in [7, 11) is 0. The molecule has 0 aliphatic carbocycles. The molecule has 3 nitrogen and oxygen atoms in total. The highest BCUT2D eigenvalue weighted by molar-refractivity contribution is 9.10.